The van der Waals surface area contributed by atoms with Crippen LogP contribution in [0.2, 0.25) is 0 Å². The van der Waals surface area contributed by atoms with Crippen molar-refractivity contribution in [3.05, 3.63) is 24.3 Å². The molecular weight excluding hydrogens is 624 g/mol. The van der Waals surface area contributed by atoms with Crippen LogP contribution in [0.15, 0.2) is 24.3 Å². The van der Waals surface area contributed by atoms with E-state index in [0.717, 1.165) is 25.7 Å². The maximum absolute atomic E-state index is 12.4. The van der Waals surface area contributed by atoms with Crippen molar-refractivity contribution >= 4 is 5.78 Å². The van der Waals surface area contributed by atoms with E-state index in [-0.39, 0.29) is 46.8 Å². The predicted octanol–water partition coefficient (Wildman–Crippen LogP) is 9.38. The molecule has 6 fully saturated rings. The first-order valence-corrected chi connectivity index (χ1v) is 20.5. The summed E-state index contributed by atoms with van der Waals surface area (Å²) in [5, 5.41) is 10.5. The molecule has 0 radical (unpaired) electrons. The average Bonchev–Trinajstić information content (AvgIpc) is 4.01. The van der Waals surface area contributed by atoms with Crippen molar-refractivity contribution in [3.63, 3.8) is 0 Å². The van der Waals surface area contributed by atoms with Crippen LogP contribution >= 0.6 is 0 Å². The first-order chi connectivity index (χ1) is 23.8. The van der Waals surface area contributed by atoms with Gasteiger partial charge in [0.25, 0.3) is 0 Å². The smallest absolute Gasteiger partial charge is 0.136 e. The summed E-state index contributed by atoms with van der Waals surface area (Å²) in [5.41, 5.74) is 0.839. The number of carbonyl (C=O) groups excluding carboxylic acids is 1. The van der Waals surface area contributed by atoms with Gasteiger partial charge in [-0.2, -0.15) is 0 Å². The second-order valence-corrected chi connectivity index (χ2v) is 18.3. The monoisotopic (exact) mass is 699 g/mol. The first-order valence-electron chi connectivity index (χ1n) is 20.5. The number of methoxy groups -OCH3 is 4. The van der Waals surface area contributed by atoms with Gasteiger partial charge in [0.2, 0.25) is 0 Å². The third-order valence-corrected chi connectivity index (χ3v) is 16.2. The third kappa shape index (κ3) is 7.50. The maximum atomic E-state index is 12.4. The van der Waals surface area contributed by atoms with E-state index in [2.05, 4.69) is 65.8 Å². The Morgan fingerprint density at radius 1 is 0.620 bits per heavy atom. The zero-order valence-corrected chi connectivity index (χ0v) is 33.5. The van der Waals surface area contributed by atoms with E-state index in [1.54, 1.807) is 14.2 Å². The molecule has 13 atom stereocenters. The Bertz CT molecular complexity index is 1190. The highest BCUT2D eigenvalue weighted by Crippen LogP contribution is 2.60. The number of rotatable bonds is 14. The minimum absolute atomic E-state index is 0.0797. The molecule has 6 saturated carbocycles. The van der Waals surface area contributed by atoms with Gasteiger partial charge in [0.15, 0.2) is 0 Å². The minimum atomic E-state index is -0.0797. The van der Waals surface area contributed by atoms with Gasteiger partial charge in [-0.1, -0.05) is 58.4 Å². The topological polar surface area (TPSA) is 74.2 Å². The fourth-order valence-electron chi connectivity index (χ4n) is 12.3. The van der Waals surface area contributed by atoms with E-state index in [1.807, 2.05) is 14.2 Å². The number of Topliss-reactive ketones (excluding diaryl/α,β-unsaturated/α-hetero) is 1. The Labute approximate surface area is 305 Å². The van der Waals surface area contributed by atoms with Crippen molar-refractivity contribution < 1.29 is 28.8 Å². The Morgan fingerprint density at radius 2 is 1.10 bits per heavy atom. The van der Waals surface area contributed by atoms with Crippen molar-refractivity contribution in [2.24, 2.45) is 57.2 Å². The number of hydrogen-bond donors (Lipinski definition) is 1. The van der Waals surface area contributed by atoms with Crippen LogP contribution in [-0.2, 0) is 23.7 Å². The highest BCUT2D eigenvalue weighted by atomic mass is 16.5. The van der Waals surface area contributed by atoms with Gasteiger partial charge >= 0.3 is 0 Å². The highest BCUT2D eigenvalue weighted by molar-refractivity contribution is 5.83. The van der Waals surface area contributed by atoms with Crippen LogP contribution < -0.4 is 0 Å². The molecule has 0 heterocycles. The third-order valence-electron chi connectivity index (χ3n) is 16.2. The van der Waals surface area contributed by atoms with Crippen molar-refractivity contribution in [1.29, 1.82) is 0 Å². The van der Waals surface area contributed by atoms with Crippen LogP contribution in [-0.4, -0.2) is 69.8 Å². The van der Waals surface area contributed by atoms with Crippen molar-refractivity contribution in [3.8, 4) is 0 Å². The molecule has 0 aliphatic heterocycles. The normalized spacial score (nSPS) is 39.2. The molecule has 0 spiro atoms. The van der Waals surface area contributed by atoms with Crippen molar-refractivity contribution in [1.82, 2.24) is 0 Å². The van der Waals surface area contributed by atoms with Gasteiger partial charge in [-0.25, -0.2) is 0 Å². The quantitative estimate of drug-likeness (QED) is 0.182. The van der Waals surface area contributed by atoms with E-state index >= 15 is 0 Å². The zero-order chi connectivity index (χ0) is 36.5. The predicted molar refractivity (Wildman–Crippen MR) is 202 cm³/mol. The number of ketones is 1. The Balaban J connectivity index is 0.000000194. The van der Waals surface area contributed by atoms with E-state index in [1.165, 1.54) is 64.2 Å². The summed E-state index contributed by atoms with van der Waals surface area (Å²) < 4.78 is 22.9. The molecule has 6 rings (SSSR count). The molecule has 0 aromatic rings. The molecule has 0 saturated heterocycles. The Kier molecular flexibility index (Phi) is 12.9. The lowest BCUT2D eigenvalue weighted by Gasteiger charge is -2.44. The number of aliphatic hydroxyl groups is 1. The van der Waals surface area contributed by atoms with Crippen LogP contribution in [0.3, 0.4) is 0 Å². The molecule has 6 aliphatic carbocycles. The zero-order valence-electron chi connectivity index (χ0n) is 33.5. The number of allylic oxidation sites excluding steroid dienone is 2. The summed E-state index contributed by atoms with van der Waals surface area (Å²) >= 11 is 0. The van der Waals surface area contributed by atoms with Gasteiger partial charge in [0.1, 0.15) is 5.78 Å². The summed E-state index contributed by atoms with van der Waals surface area (Å²) in [6, 6.07) is 0. The van der Waals surface area contributed by atoms with Crippen molar-refractivity contribution in [2.75, 3.05) is 28.4 Å². The molecule has 0 aromatic heterocycles. The number of aliphatic hydroxyl groups excluding tert-OH is 1. The number of fused-ring (bicyclic) bond motifs is 2. The van der Waals surface area contributed by atoms with Gasteiger partial charge in [-0.15, -0.1) is 0 Å². The minimum Gasteiger partial charge on any atom is -0.393 e. The second-order valence-electron chi connectivity index (χ2n) is 18.3. The van der Waals surface area contributed by atoms with Gasteiger partial charge in [0, 0.05) is 51.6 Å². The van der Waals surface area contributed by atoms with Crippen molar-refractivity contribution in [2.45, 2.75) is 162 Å². The number of ether oxygens (including phenoxy) is 4. The summed E-state index contributed by atoms with van der Waals surface area (Å²) in [5.74, 6) is 3.65. The fraction of sp³-hybridized carbons (Fsp3) is 0.886. The summed E-state index contributed by atoms with van der Waals surface area (Å²) in [4.78, 5) is 12.4. The lowest BCUT2D eigenvalue weighted by atomic mass is 9.62. The van der Waals surface area contributed by atoms with Crippen LogP contribution in [0.4, 0.5) is 0 Å². The first kappa shape index (κ1) is 40.1. The average molecular weight is 699 g/mol. The SMILES string of the molecule is COC(C)C1(C(/C=C/[C@@H](C)C2CCC3C(=O)CCC[C@@]32C)OC)CC1.COC(C)C1(C(/C=C/[C@@H](C)C2CCC3C(O)CCC[C@@]32C)OC)CC1. The molecule has 0 aromatic carbocycles. The van der Waals surface area contributed by atoms with E-state index in [9.17, 15) is 9.90 Å². The number of hydrogen-bond acceptors (Lipinski definition) is 6. The summed E-state index contributed by atoms with van der Waals surface area (Å²) in [6.07, 6.45) is 26.0. The molecule has 50 heavy (non-hydrogen) atoms. The molecule has 6 aliphatic rings. The van der Waals surface area contributed by atoms with Crippen LogP contribution in [0.5, 0.6) is 0 Å². The van der Waals surface area contributed by atoms with Gasteiger partial charge < -0.3 is 24.1 Å². The van der Waals surface area contributed by atoms with E-state index < -0.39 is 0 Å². The van der Waals surface area contributed by atoms with Gasteiger partial charge in [-0.3, -0.25) is 4.79 Å². The van der Waals surface area contributed by atoms with Crippen LogP contribution in [0, 0.1) is 57.2 Å². The van der Waals surface area contributed by atoms with E-state index in [0.29, 0.717) is 46.7 Å². The number of carbonyl (C=O) groups is 1. The van der Waals surface area contributed by atoms with Gasteiger partial charge in [0.05, 0.1) is 30.5 Å². The molecule has 0 bridgehead atoms. The Hall–Kier alpha value is -1.05. The van der Waals surface area contributed by atoms with E-state index in [4.69, 9.17) is 18.9 Å². The maximum Gasteiger partial charge on any atom is 0.136 e. The lowest BCUT2D eigenvalue weighted by molar-refractivity contribution is -0.129. The molecule has 6 nitrogen and oxygen atoms in total. The molecular formula is C44H74O6. The molecule has 1 N–H and O–H groups in total. The summed E-state index contributed by atoms with van der Waals surface area (Å²) in [6.45, 7) is 13.8. The van der Waals surface area contributed by atoms with Crippen LogP contribution in [0.25, 0.3) is 0 Å². The molecule has 286 valence electrons. The molecule has 9 unspecified atom stereocenters. The second kappa shape index (κ2) is 16.1. The highest BCUT2D eigenvalue weighted by Gasteiger charge is 2.56. The standard InChI is InChI=1S/C22H38O3.C22H36O3/c2*1-15(8-11-20(25-5)22(13-14-22)16(2)24-4)17-9-10-18-19(23)7-6-12-21(17,18)3/h8,11,15-20,23H,6-7,9-10,12-14H2,1-5H3;8,11,15-18,20H,6-7,9-10,12-14H2,1-5H3/b2*11-8+/t15-,16?,17?,18?,19?,20?,21-;15-,16?,17?,18?,20?,21-/m11/s1. The van der Waals surface area contributed by atoms with Gasteiger partial charge in [-0.05, 0) is 131 Å². The molecule has 0 amide bonds. The molecule has 6 heteroatoms. The Morgan fingerprint density at radius 3 is 1.58 bits per heavy atom. The fourth-order valence-corrected chi connectivity index (χ4v) is 12.3. The summed E-state index contributed by atoms with van der Waals surface area (Å²) in [7, 11) is 7.24. The van der Waals surface area contributed by atoms with Crippen LogP contribution in [0.1, 0.15) is 131 Å². The lowest BCUT2D eigenvalue weighted by Crippen LogP contribution is -2.41. The largest absolute Gasteiger partial charge is 0.393 e.